The van der Waals surface area contributed by atoms with Crippen LogP contribution in [0.5, 0.6) is 0 Å². The van der Waals surface area contributed by atoms with Crippen LogP contribution in [0.4, 0.5) is 4.39 Å². The molecule has 0 aliphatic heterocycles. The van der Waals surface area contributed by atoms with Gasteiger partial charge in [-0.2, -0.15) is 0 Å². The van der Waals surface area contributed by atoms with Gasteiger partial charge in [0.25, 0.3) is 0 Å². The van der Waals surface area contributed by atoms with Gasteiger partial charge in [-0.3, -0.25) is 4.79 Å². The summed E-state index contributed by atoms with van der Waals surface area (Å²) in [4.78, 5) is 15.5. The van der Waals surface area contributed by atoms with Crippen LogP contribution in [0.15, 0.2) is 71.4 Å². The standard InChI is InChI=1S/C23H15FN4O2/c1-28-13-25-27-22(28)19-11-17(24)6-7-18(19)15-3-2-4-16(10-15)23-26-20-9-14(12-29)5-8-21(20)30-23/h2-13H,1H3. The maximum atomic E-state index is 14.0. The number of aryl methyl sites for hydroxylation is 1. The quantitative estimate of drug-likeness (QED) is 0.402. The highest BCUT2D eigenvalue weighted by Crippen LogP contribution is 2.34. The SMILES string of the molecule is Cn1cnnc1-c1cc(F)ccc1-c1cccc(-c2nc3cc(C=O)ccc3o2)c1. The predicted octanol–water partition coefficient (Wildman–Crippen LogP) is 4.91. The second kappa shape index (κ2) is 7.04. The average Bonchev–Trinajstić information content (AvgIpc) is 3.39. The molecule has 0 aliphatic rings. The molecule has 0 atom stereocenters. The van der Waals surface area contributed by atoms with Gasteiger partial charge in [0.2, 0.25) is 5.89 Å². The van der Waals surface area contributed by atoms with E-state index in [4.69, 9.17) is 4.42 Å². The van der Waals surface area contributed by atoms with Crippen molar-refractivity contribution >= 4 is 17.4 Å². The fourth-order valence-corrected chi connectivity index (χ4v) is 3.44. The molecule has 0 radical (unpaired) electrons. The minimum Gasteiger partial charge on any atom is -0.436 e. The highest BCUT2D eigenvalue weighted by atomic mass is 19.1. The van der Waals surface area contributed by atoms with E-state index >= 15 is 0 Å². The van der Waals surface area contributed by atoms with Crippen LogP contribution in [0.2, 0.25) is 0 Å². The largest absolute Gasteiger partial charge is 0.436 e. The van der Waals surface area contributed by atoms with Crippen molar-refractivity contribution in [2.45, 2.75) is 0 Å². The summed E-state index contributed by atoms with van der Waals surface area (Å²) in [7, 11) is 1.81. The van der Waals surface area contributed by atoms with Gasteiger partial charge in [0, 0.05) is 23.7 Å². The van der Waals surface area contributed by atoms with Crippen LogP contribution in [0.3, 0.4) is 0 Å². The highest BCUT2D eigenvalue weighted by Gasteiger charge is 2.15. The number of nitrogens with zero attached hydrogens (tertiary/aromatic N) is 4. The Balaban J connectivity index is 1.63. The van der Waals surface area contributed by atoms with E-state index in [9.17, 15) is 9.18 Å². The van der Waals surface area contributed by atoms with E-state index in [1.54, 1.807) is 35.2 Å². The molecule has 0 spiro atoms. The summed E-state index contributed by atoms with van der Waals surface area (Å²) in [6.07, 6.45) is 2.35. The Bertz CT molecular complexity index is 1400. The highest BCUT2D eigenvalue weighted by molar-refractivity contribution is 5.86. The molecule has 30 heavy (non-hydrogen) atoms. The van der Waals surface area contributed by atoms with Crippen molar-refractivity contribution in [3.8, 4) is 34.0 Å². The number of fused-ring (bicyclic) bond motifs is 1. The molecule has 0 N–H and O–H groups in total. The number of carbonyl (C=O) groups excluding carboxylic acids is 1. The average molecular weight is 398 g/mol. The minimum atomic E-state index is -0.349. The Morgan fingerprint density at radius 1 is 1.00 bits per heavy atom. The Hall–Kier alpha value is -4.13. The lowest BCUT2D eigenvalue weighted by molar-refractivity contribution is 0.112. The normalized spacial score (nSPS) is 11.1. The number of aromatic nitrogens is 4. The molecule has 0 saturated carbocycles. The molecule has 7 heteroatoms. The van der Waals surface area contributed by atoms with Crippen molar-refractivity contribution in [1.82, 2.24) is 19.7 Å². The van der Waals surface area contributed by atoms with Crippen LogP contribution < -0.4 is 0 Å². The van der Waals surface area contributed by atoms with Gasteiger partial charge in [-0.1, -0.05) is 18.2 Å². The van der Waals surface area contributed by atoms with Gasteiger partial charge >= 0.3 is 0 Å². The second-order valence-electron chi connectivity index (χ2n) is 6.90. The molecule has 0 fully saturated rings. The van der Waals surface area contributed by atoms with Crippen LogP contribution in [0.1, 0.15) is 10.4 Å². The van der Waals surface area contributed by atoms with Crippen LogP contribution in [0.25, 0.3) is 45.1 Å². The zero-order chi connectivity index (χ0) is 20.7. The zero-order valence-corrected chi connectivity index (χ0v) is 15.9. The summed E-state index contributed by atoms with van der Waals surface area (Å²) in [5.41, 5.74) is 4.83. The molecule has 0 unspecified atom stereocenters. The lowest BCUT2D eigenvalue weighted by Gasteiger charge is -2.10. The van der Waals surface area contributed by atoms with Crippen LogP contribution in [0, 0.1) is 5.82 Å². The topological polar surface area (TPSA) is 73.8 Å². The number of carbonyl (C=O) groups is 1. The Morgan fingerprint density at radius 3 is 2.67 bits per heavy atom. The van der Waals surface area contributed by atoms with Crippen molar-refractivity contribution < 1.29 is 13.6 Å². The summed E-state index contributed by atoms with van der Waals surface area (Å²) in [5.74, 6) is 0.660. The predicted molar refractivity (Wildman–Crippen MR) is 110 cm³/mol. The fourth-order valence-electron chi connectivity index (χ4n) is 3.44. The lowest BCUT2D eigenvalue weighted by Crippen LogP contribution is -1.95. The molecular formula is C23H15FN4O2. The number of benzene rings is 3. The first-order valence-corrected chi connectivity index (χ1v) is 9.23. The third-order valence-electron chi connectivity index (χ3n) is 4.90. The Kier molecular flexibility index (Phi) is 4.21. The first-order chi connectivity index (χ1) is 14.6. The third kappa shape index (κ3) is 3.06. The monoisotopic (exact) mass is 398 g/mol. The second-order valence-corrected chi connectivity index (χ2v) is 6.90. The number of oxazole rings is 1. The third-order valence-corrected chi connectivity index (χ3v) is 4.90. The molecule has 5 aromatic rings. The molecule has 2 aromatic heterocycles. The van der Waals surface area contributed by atoms with E-state index in [0.29, 0.717) is 33.9 Å². The zero-order valence-electron chi connectivity index (χ0n) is 15.9. The van der Waals surface area contributed by atoms with Gasteiger partial charge in [-0.25, -0.2) is 9.37 Å². The molecule has 0 aliphatic carbocycles. The summed E-state index contributed by atoms with van der Waals surface area (Å²) in [6.45, 7) is 0. The summed E-state index contributed by atoms with van der Waals surface area (Å²) in [6, 6.07) is 17.3. The van der Waals surface area contributed by atoms with Gasteiger partial charge in [-0.15, -0.1) is 10.2 Å². The van der Waals surface area contributed by atoms with Crippen LogP contribution in [-0.4, -0.2) is 26.0 Å². The molecule has 6 nitrogen and oxygen atoms in total. The van der Waals surface area contributed by atoms with Crippen LogP contribution in [-0.2, 0) is 7.05 Å². The molecule has 3 aromatic carbocycles. The van der Waals surface area contributed by atoms with Gasteiger partial charge in [-0.05, 0) is 53.6 Å². The number of aldehydes is 1. The van der Waals surface area contributed by atoms with E-state index in [-0.39, 0.29) is 5.82 Å². The van der Waals surface area contributed by atoms with Gasteiger partial charge in [0.15, 0.2) is 11.4 Å². The maximum Gasteiger partial charge on any atom is 0.227 e. The lowest BCUT2D eigenvalue weighted by atomic mass is 9.97. The minimum absolute atomic E-state index is 0.349. The van der Waals surface area contributed by atoms with Crippen molar-refractivity contribution in [3.63, 3.8) is 0 Å². The maximum absolute atomic E-state index is 14.0. The van der Waals surface area contributed by atoms with E-state index in [1.165, 1.54) is 12.1 Å². The Morgan fingerprint density at radius 2 is 1.87 bits per heavy atom. The van der Waals surface area contributed by atoms with E-state index in [2.05, 4.69) is 15.2 Å². The molecule has 5 rings (SSSR count). The van der Waals surface area contributed by atoms with Gasteiger partial charge in [0.1, 0.15) is 23.9 Å². The number of rotatable bonds is 4. The molecule has 2 heterocycles. The van der Waals surface area contributed by atoms with E-state index in [1.807, 2.05) is 31.3 Å². The Labute approximate surface area is 170 Å². The van der Waals surface area contributed by atoms with Crippen molar-refractivity contribution in [2.24, 2.45) is 7.05 Å². The van der Waals surface area contributed by atoms with Crippen molar-refractivity contribution in [1.29, 1.82) is 0 Å². The van der Waals surface area contributed by atoms with Crippen molar-refractivity contribution in [2.75, 3.05) is 0 Å². The van der Waals surface area contributed by atoms with E-state index in [0.717, 1.165) is 23.0 Å². The molecule has 0 saturated heterocycles. The number of halogens is 1. The fraction of sp³-hybridized carbons (Fsp3) is 0.0435. The number of hydrogen-bond donors (Lipinski definition) is 0. The number of hydrogen-bond acceptors (Lipinski definition) is 5. The smallest absolute Gasteiger partial charge is 0.227 e. The van der Waals surface area contributed by atoms with Gasteiger partial charge < -0.3 is 8.98 Å². The first kappa shape index (κ1) is 17.9. The molecular weight excluding hydrogens is 383 g/mol. The molecule has 0 bridgehead atoms. The van der Waals surface area contributed by atoms with Gasteiger partial charge in [0.05, 0.1) is 0 Å². The first-order valence-electron chi connectivity index (χ1n) is 9.23. The summed E-state index contributed by atoms with van der Waals surface area (Å²) < 4.78 is 21.6. The summed E-state index contributed by atoms with van der Waals surface area (Å²) in [5, 5.41) is 8.03. The van der Waals surface area contributed by atoms with Crippen molar-refractivity contribution in [3.05, 3.63) is 78.4 Å². The van der Waals surface area contributed by atoms with E-state index < -0.39 is 0 Å². The summed E-state index contributed by atoms with van der Waals surface area (Å²) >= 11 is 0. The molecule has 0 amide bonds. The molecule has 146 valence electrons. The van der Waals surface area contributed by atoms with Crippen LogP contribution >= 0.6 is 0 Å².